The third-order valence-electron chi connectivity index (χ3n) is 2.09. The molecule has 0 amide bonds. The van der Waals surface area contributed by atoms with E-state index < -0.39 is 8.37 Å². The highest BCUT2D eigenvalue weighted by atomic mass is 31.1. The molecule has 0 aliphatic carbocycles. The Morgan fingerprint density at radius 2 is 1.00 bits per heavy atom. The molecule has 3 rings (SSSR count). The van der Waals surface area contributed by atoms with Gasteiger partial charge in [0.1, 0.15) is 19.0 Å². The van der Waals surface area contributed by atoms with E-state index in [9.17, 15) is 0 Å². The number of nitrogens with zero attached hydrogens (tertiary/aromatic N) is 6. The number of hydrogen-bond acceptors (Lipinski definition) is 3. The average molecular weight is 232 g/mol. The van der Waals surface area contributed by atoms with Crippen LogP contribution in [0.15, 0.2) is 56.2 Å². The summed E-state index contributed by atoms with van der Waals surface area (Å²) in [5.74, 6) is 0. The van der Waals surface area contributed by atoms with E-state index in [0.717, 1.165) is 0 Å². The molecule has 0 saturated carbocycles. The van der Waals surface area contributed by atoms with Crippen LogP contribution in [-0.2, 0) is 0 Å². The Bertz CT molecular complexity index is 445. The van der Waals surface area contributed by atoms with Gasteiger partial charge in [-0.2, -0.15) is 0 Å². The predicted molar refractivity (Wildman–Crippen MR) is 59.8 cm³/mol. The number of aromatic nitrogens is 6. The van der Waals surface area contributed by atoms with Crippen LogP contribution in [-0.4, -0.2) is 28.0 Å². The van der Waals surface area contributed by atoms with Gasteiger partial charge in [0, 0.05) is 37.2 Å². The second kappa shape index (κ2) is 3.90. The smallest absolute Gasteiger partial charge is 0.223 e. The van der Waals surface area contributed by atoms with Crippen molar-refractivity contribution >= 4 is 8.37 Å². The lowest BCUT2D eigenvalue weighted by atomic mass is 11.0. The Morgan fingerprint density at radius 1 is 0.625 bits per heavy atom. The topological polar surface area (TPSA) is 53.5 Å². The summed E-state index contributed by atoms with van der Waals surface area (Å²) in [6.07, 6.45) is 16.5. The molecule has 0 saturated heterocycles. The number of hydrogen-bond donors (Lipinski definition) is 0. The van der Waals surface area contributed by atoms with E-state index in [4.69, 9.17) is 0 Å². The van der Waals surface area contributed by atoms with Crippen molar-refractivity contribution < 1.29 is 0 Å². The summed E-state index contributed by atoms with van der Waals surface area (Å²) in [5, 5.41) is 0. The van der Waals surface area contributed by atoms with Crippen LogP contribution in [0.2, 0.25) is 0 Å². The Morgan fingerprint density at radius 3 is 1.25 bits per heavy atom. The third kappa shape index (κ3) is 1.53. The Balaban J connectivity index is 2.09. The molecule has 0 fully saturated rings. The highest BCUT2D eigenvalue weighted by Crippen LogP contribution is 2.39. The summed E-state index contributed by atoms with van der Waals surface area (Å²) >= 11 is 0. The van der Waals surface area contributed by atoms with Crippen molar-refractivity contribution in [3.63, 3.8) is 0 Å². The fourth-order valence-corrected chi connectivity index (χ4v) is 3.14. The molecular formula is C9H9N6P. The van der Waals surface area contributed by atoms with Gasteiger partial charge in [0.25, 0.3) is 0 Å². The molecule has 0 N–H and O–H groups in total. The first-order valence-electron chi connectivity index (χ1n) is 4.70. The molecule has 16 heavy (non-hydrogen) atoms. The average Bonchev–Trinajstić information content (AvgIpc) is 3.02. The van der Waals surface area contributed by atoms with Gasteiger partial charge in [0.15, 0.2) is 0 Å². The standard InChI is InChI=1S/C9H9N6P/c1-4-13(7-10-1)16(14-5-2-11-8-14)15-6-3-12-9-15/h1-9H. The van der Waals surface area contributed by atoms with E-state index in [0.29, 0.717) is 0 Å². The van der Waals surface area contributed by atoms with E-state index in [1.165, 1.54) is 0 Å². The SMILES string of the molecule is c1cn(P(n2ccnc2)n2ccnc2)cn1. The number of imidazole rings is 3. The zero-order valence-corrected chi connectivity index (χ0v) is 9.22. The van der Waals surface area contributed by atoms with Crippen molar-refractivity contribution in [2.45, 2.75) is 0 Å². The molecule has 0 bridgehead atoms. The van der Waals surface area contributed by atoms with Gasteiger partial charge in [-0.05, 0) is 0 Å². The van der Waals surface area contributed by atoms with Gasteiger partial charge in [-0.15, -0.1) is 0 Å². The second-order valence-electron chi connectivity index (χ2n) is 3.10. The van der Waals surface area contributed by atoms with E-state index in [1.54, 1.807) is 37.6 Å². The maximum absolute atomic E-state index is 4.07. The van der Waals surface area contributed by atoms with Crippen LogP contribution in [0, 0.1) is 0 Å². The second-order valence-corrected chi connectivity index (χ2v) is 5.02. The zero-order valence-electron chi connectivity index (χ0n) is 8.33. The minimum Gasteiger partial charge on any atom is -0.280 e. The van der Waals surface area contributed by atoms with Crippen LogP contribution in [0.4, 0.5) is 0 Å². The Hall–Kier alpha value is -1.94. The van der Waals surface area contributed by atoms with Crippen LogP contribution in [0.3, 0.4) is 0 Å². The molecule has 7 heteroatoms. The van der Waals surface area contributed by atoms with Crippen LogP contribution < -0.4 is 0 Å². The molecular weight excluding hydrogens is 223 g/mol. The lowest BCUT2D eigenvalue weighted by molar-refractivity contribution is 1.03. The molecule has 3 heterocycles. The van der Waals surface area contributed by atoms with Crippen LogP contribution in [0.25, 0.3) is 0 Å². The summed E-state index contributed by atoms with van der Waals surface area (Å²) in [4.78, 5) is 12.2. The van der Waals surface area contributed by atoms with Crippen LogP contribution in [0.1, 0.15) is 0 Å². The minimum atomic E-state index is -0.772. The molecule has 3 aromatic heterocycles. The van der Waals surface area contributed by atoms with Gasteiger partial charge in [-0.3, -0.25) is 13.0 Å². The molecule has 0 unspecified atom stereocenters. The Labute approximate surface area is 93.1 Å². The molecule has 0 radical (unpaired) electrons. The summed E-state index contributed by atoms with van der Waals surface area (Å²) < 4.78 is 6.12. The monoisotopic (exact) mass is 232 g/mol. The summed E-state index contributed by atoms with van der Waals surface area (Å²) in [5.41, 5.74) is 0. The molecule has 3 aromatic rings. The maximum Gasteiger partial charge on any atom is 0.223 e. The highest BCUT2D eigenvalue weighted by molar-refractivity contribution is 7.52. The molecule has 6 nitrogen and oxygen atoms in total. The van der Waals surface area contributed by atoms with E-state index >= 15 is 0 Å². The highest BCUT2D eigenvalue weighted by Gasteiger charge is 2.14. The molecule has 0 aromatic carbocycles. The lowest BCUT2D eigenvalue weighted by Crippen LogP contribution is -2.04. The maximum atomic E-state index is 4.07. The van der Waals surface area contributed by atoms with Gasteiger partial charge in [-0.1, -0.05) is 0 Å². The van der Waals surface area contributed by atoms with Gasteiger partial charge >= 0.3 is 0 Å². The zero-order chi connectivity index (χ0) is 10.8. The van der Waals surface area contributed by atoms with Crippen LogP contribution >= 0.6 is 8.37 Å². The first-order chi connectivity index (χ1) is 7.95. The Kier molecular flexibility index (Phi) is 2.27. The summed E-state index contributed by atoms with van der Waals surface area (Å²) in [6.45, 7) is 0. The van der Waals surface area contributed by atoms with Gasteiger partial charge in [0.05, 0.1) is 0 Å². The quantitative estimate of drug-likeness (QED) is 0.642. The first-order valence-corrected chi connectivity index (χ1v) is 5.90. The summed E-state index contributed by atoms with van der Waals surface area (Å²) in [7, 11) is -0.772. The normalized spacial score (nSPS) is 11.1. The fraction of sp³-hybridized carbons (Fsp3) is 0. The van der Waals surface area contributed by atoms with Crippen molar-refractivity contribution in [3.8, 4) is 0 Å². The first kappa shape index (κ1) is 9.30. The lowest BCUT2D eigenvalue weighted by Gasteiger charge is -2.18. The van der Waals surface area contributed by atoms with E-state index in [2.05, 4.69) is 15.0 Å². The van der Waals surface area contributed by atoms with Gasteiger partial charge in [-0.25, -0.2) is 15.0 Å². The predicted octanol–water partition coefficient (Wildman–Crippen LogP) is 1.45. The fourth-order valence-electron chi connectivity index (χ4n) is 1.43. The molecule has 80 valence electrons. The van der Waals surface area contributed by atoms with Crippen molar-refractivity contribution in [3.05, 3.63) is 56.2 Å². The molecule has 0 aliphatic heterocycles. The van der Waals surface area contributed by atoms with Crippen molar-refractivity contribution in [1.82, 2.24) is 28.0 Å². The van der Waals surface area contributed by atoms with Crippen molar-refractivity contribution in [2.75, 3.05) is 0 Å². The third-order valence-corrected chi connectivity index (χ3v) is 4.04. The molecule has 0 atom stereocenters. The van der Waals surface area contributed by atoms with Crippen molar-refractivity contribution in [1.29, 1.82) is 0 Å². The molecule has 0 spiro atoms. The minimum absolute atomic E-state index is 0.772. The van der Waals surface area contributed by atoms with Crippen molar-refractivity contribution in [2.24, 2.45) is 0 Å². The molecule has 0 aliphatic rings. The summed E-state index contributed by atoms with van der Waals surface area (Å²) in [6, 6.07) is 0. The van der Waals surface area contributed by atoms with Gasteiger partial charge < -0.3 is 0 Å². The van der Waals surface area contributed by atoms with Gasteiger partial charge in [0.2, 0.25) is 8.37 Å². The van der Waals surface area contributed by atoms with Crippen LogP contribution in [0.5, 0.6) is 0 Å². The van der Waals surface area contributed by atoms with E-state index in [-0.39, 0.29) is 0 Å². The van der Waals surface area contributed by atoms with E-state index in [1.807, 2.05) is 31.6 Å². The largest absolute Gasteiger partial charge is 0.280 e. The number of rotatable bonds is 3.